The summed E-state index contributed by atoms with van der Waals surface area (Å²) in [5.74, 6) is 0. The molecule has 6 heteroatoms. The fourth-order valence-electron chi connectivity index (χ4n) is 6.25. The van der Waals surface area contributed by atoms with Gasteiger partial charge in [0.15, 0.2) is 12.3 Å². The lowest BCUT2D eigenvalue weighted by Gasteiger charge is -2.26. The van der Waals surface area contributed by atoms with Crippen LogP contribution in [0.25, 0.3) is 5.57 Å². The Bertz CT molecular complexity index is 2020. The van der Waals surface area contributed by atoms with Gasteiger partial charge in [0.05, 0.1) is 4.90 Å². The largest absolute Gasteiger partial charge is 0.744 e. The van der Waals surface area contributed by atoms with Crippen LogP contribution in [0.2, 0.25) is 0 Å². The first-order valence-electron chi connectivity index (χ1n) is 16.2. The second-order valence-corrected chi connectivity index (χ2v) is 13.7. The van der Waals surface area contributed by atoms with Gasteiger partial charge in [-0.15, -0.1) is 0 Å². The highest BCUT2D eigenvalue weighted by Gasteiger charge is 2.20. The predicted octanol–water partition coefficient (Wildman–Crippen LogP) is 8.53. The third-order valence-electron chi connectivity index (χ3n) is 8.81. The Morgan fingerprint density at radius 3 is 2.15 bits per heavy atom. The normalized spacial score (nSPS) is 15.3. The highest BCUT2D eigenvalue weighted by atomic mass is 32.2. The van der Waals surface area contributed by atoms with Gasteiger partial charge in [-0.1, -0.05) is 71.8 Å². The quantitative estimate of drug-likeness (QED) is 0.128. The Hall–Kier alpha value is -4.52. The summed E-state index contributed by atoms with van der Waals surface area (Å²) in [7, 11) is -4.51. The van der Waals surface area contributed by atoms with Gasteiger partial charge in [0, 0.05) is 36.5 Å². The van der Waals surface area contributed by atoms with Gasteiger partial charge in [-0.3, -0.25) is 0 Å². The van der Waals surface area contributed by atoms with E-state index in [9.17, 15) is 13.0 Å². The lowest BCUT2D eigenvalue weighted by Crippen LogP contribution is -2.22. The minimum Gasteiger partial charge on any atom is -0.744 e. The molecule has 0 aliphatic heterocycles. The van der Waals surface area contributed by atoms with Crippen LogP contribution in [0, 0.1) is 20.8 Å². The van der Waals surface area contributed by atoms with Gasteiger partial charge in [0.25, 0.3) is 0 Å². The Morgan fingerprint density at radius 2 is 1.51 bits per heavy atom. The Balaban J connectivity index is 1.54. The van der Waals surface area contributed by atoms with Gasteiger partial charge in [0.1, 0.15) is 16.7 Å². The number of benzene rings is 4. The summed E-state index contributed by atoms with van der Waals surface area (Å²) in [6.07, 6.45) is 6.82. The van der Waals surface area contributed by atoms with Crippen molar-refractivity contribution in [1.29, 1.82) is 0 Å². The zero-order chi connectivity index (χ0) is 33.7. The molecule has 5 rings (SSSR count). The van der Waals surface area contributed by atoms with Crippen molar-refractivity contribution >= 4 is 27.1 Å². The minimum atomic E-state index is -4.51. The van der Waals surface area contributed by atoms with Gasteiger partial charge in [0.2, 0.25) is 0 Å². The van der Waals surface area contributed by atoms with Crippen LogP contribution in [0.15, 0.2) is 125 Å². The molecule has 0 bridgehead atoms. The van der Waals surface area contributed by atoms with E-state index in [1.165, 1.54) is 51.3 Å². The zero-order valence-electron chi connectivity index (χ0n) is 28.2. The van der Waals surface area contributed by atoms with Crippen molar-refractivity contribution in [3.8, 4) is 0 Å². The predicted molar refractivity (Wildman–Crippen MR) is 193 cm³/mol. The lowest BCUT2D eigenvalue weighted by molar-refractivity contribution is -0.539. The van der Waals surface area contributed by atoms with Crippen LogP contribution in [0.1, 0.15) is 59.7 Å². The molecule has 0 saturated heterocycles. The van der Waals surface area contributed by atoms with E-state index in [-0.39, 0.29) is 4.90 Å². The highest BCUT2D eigenvalue weighted by Crippen LogP contribution is 2.36. The van der Waals surface area contributed by atoms with Crippen molar-refractivity contribution in [3.05, 3.63) is 159 Å². The van der Waals surface area contributed by atoms with Crippen LogP contribution in [0.3, 0.4) is 0 Å². The molecular weight excluding hydrogens is 601 g/mol. The van der Waals surface area contributed by atoms with Crippen LogP contribution in [-0.4, -0.2) is 36.3 Å². The van der Waals surface area contributed by atoms with Gasteiger partial charge >= 0.3 is 0 Å². The van der Waals surface area contributed by atoms with Crippen LogP contribution < -0.4 is 4.90 Å². The maximum Gasteiger partial charge on any atom is 0.200 e. The maximum atomic E-state index is 11.6. The average Bonchev–Trinajstić information content (AvgIpc) is 3.04. The van der Waals surface area contributed by atoms with Gasteiger partial charge in [-0.25, -0.2) is 13.0 Å². The lowest BCUT2D eigenvalue weighted by atomic mass is 9.85. The summed E-state index contributed by atoms with van der Waals surface area (Å²) in [6, 6.07) is 30.3. The second kappa shape index (κ2) is 14.5. The molecule has 0 spiro atoms. The number of rotatable bonds is 10. The number of nitrogens with zero attached hydrogens (tertiary/aromatic N) is 2. The summed E-state index contributed by atoms with van der Waals surface area (Å²) in [5, 5.41) is 0. The SMILES string of the molecule is CCN(Cc1cccc(S(=O)(=O)[O-])c1)c1ccc(/C(=C2/C=CC(=[N+](CC)Cc3cccc(C)c3)C=C2C)c2ccc(C)cc2)c(C)c1. The third kappa shape index (κ3) is 8.07. The van der Waals surface area contributed by atoms with Crippen LogP contribution in [-0.2, 0) is 23.2 Å². The Kier molecular flexibility index (Phi) is 10.4. The first-order chi connectivity index (χ1) is 22.5. The highest BCUT2D eigenvalue weighted by molar-refractivity contribution is 7.85. The summed E-state index contributed by atoms with van der Waals surface area (Å²) in [5.41, 5.74) is 13.9. The number of aryl methyl sites for hydroxylation is 3. The molecule has 242 valence electrons. The number of hydrogen-bond donors (Lipinski definition) is 0. The van der Waals surface area contributed by atoms with E-state index in [0.717, 1.165) is 47.6 Å². The smallest absolute Gasteiger partial charge is 0.200 e. The van der Waals surface area contributed by atoms with E-state index in [1.54, 1.807) is 6.07 Å². The minimum absolute atomic E-state index is 0.200. The standard InChI is InChI=1S/C41H44N2O3S/c1-7-42(27-33-12-9-11-30(4)23-33)36-19-21-39(31(5)24-36)41(35-17-15-29(3)16-18-35)40-22-20-37(25-32(40)6)43(8-2)28-34-13-10-14-38(26-34)47(44,45)46/h9-26H,7-8,27-28H2,1-6H3. The second-order valence-electron chi connectivity index (χ2n) is 12.4. The molecule has 47 heavy (non-hydrogen) atoms. The van der Waals surface area contributed by atoms with E-state index >= 15 is 0 Å². The zero-order valence-corrected chi connectivity index (χ0v) is 29.1. The van der Waals surface area contributed by atoms with Crippen molar-refractivity contribution in [2.45, 2.75) is 59.5 Å². The van der Waals surface area contributed by atoms with E-state index < -0.39 is 10.1 Å². The van der Waals surface area contributed by atoms with Crippen LogP contribution >= 0.6 is 0 Å². The molecule has 0 heterocycles. The fourth-order valence-corrected chi connectivity index (χ4v) is 6.79. The molecule has 0 N–H and O–H groups in total. The van der Waals surface area contributed by atoms with Crippen molar-refractivity contribution < 1.29 is 17.5 Å². The Morgan fingerprint density at radius 1 is 0.787 bits per heavy atom. The molecule has 0 fully saturated rings. The third-order valence-corrected chi connectivity index (χ3v) is 9.64. The van der Waals surface area contributed by atoms with Crippen molar-refractivity contribution in [2.24, 2.45) is 0 Å². The van der Waals surface area contributed by atoms with Crippen molar-refractivity contribution in [1.82, 2.24) is 0 Å². The van der Waals surface area contributed by atoms with Gasteiger partial charge < -0.3 is 9.45 Å². The first-order valence-corrected chi connectivity index (χ1v) is 17.6. The molecule has 5 nitrogen and oxygen atoms in total. The molecule has 0 amide bonds. The van der Waals surface area contributed by atoms with E-state index in [2.05, 4.69) is 136 Å². The molecule has 1 aliphatic carbocycles. The van der Waals surface area contributed by atoms with E-state index in [0.29, 0.717) is 6.54 Å². The molecule has 0 aromatic heterocycles. The molecule has 0 radical (unpaired) electrons. The summed E-state index contributed by atoms with van der Waals surface area (Å²) in [6.45, 7) is 15.9. The number of hydrogen-bond acceptors (Lipinski definition) is 4. The Labute approximate surface area is 280 Å². The molecule has 4 aromatic carbocycles. The first kappa shape index (κ1) is 33.8. The van der Waals surface area contributed by atoms with Crippen molar-refractivity contribution in [3.63, 3.8) is 0 Å². The average molecular weight is 645 g/mol. The number of allylic oxidation sites excluding steroid dienone is 5. The van der Waals surface area contributed by atoms with Crippen LogP contribution in [0.4, 0.5) is 5.69 Å². The van der Waals surface area contributed by atoms with Gasteiger partial charge in [-0.2, -0.15) is 0 Å². The van der Waals surface area contributed by atoms with Crippen LogP contribution in [0.5, 0.6) is 0 Å². The topological polar surface area (TPSA) is 63.4 Å². The fraction of sp³-hybridized carbons (Fsp3) is 0.244. The molecule has 0 saturated carbocycles. The molecule has 1 aliphatic rings. The van der Waals surface area contributed by atoms with Gasteiger partial charge in [-0.05, 0) is 117 Å². The maximum absolute atomic E-state index is 11.6. The molecule has 4 aromatic rings. The summed E-state index contributed by atoms with van der Waals surface area (Å²) < 4.78 is 37.3. The van der Waals surface area contributed by atoms with Crippen molar-refractivity contribution in [2.75, 3.05) is 18.0 Å². The molecule has 0 unspecified atom stereocenters. The summed E-state index contributed by atoms with van der Waals surface area (Å²) >= 11 is 0. The monoisotopic (exact) mass is 644 g/mol. The molecular formula is C41H44N2O3S. The van der Waals surface area contributed by atoms with E-state index in [1.807, 2.05) is 6.07 Å². The summed E-state index contributed by atoms with van der Waals surface area (Å²) in [4.78, 5) is 1.99. The van der Waals surface area contributed by atoms with E-state index in [4.69, 9.17) is 0 Å². The molecule has 0 atom stereocenters. The number of anilines is 1.